The van der Waals surface area contributed by atoms with Crippen LogP contribution in [0.3, 0.4) is 0 Å². The van der Waals surface area contributed by atoms with Gasteiger partial charge in [-0.3, -0.25) is 9.69 Å². The van der Waals surface area contributed by atoms with Gasteiger partial charge in [0, 0.05) is 28.0 Å². The minimum atomic E-state index is -0.668. The summed E-state index contributed by atoms with van der Waals surface area (Å²) < 4.78 is 4.82. The van der Waals surface area contributed by atoms with Crippen LogP contribution in [0.5, 0.6) is 0 Å². The Bertz CT molecular complexity index is 1510. The summed E-state index contributed by atoms with van der Waals surface area (Å²) >= 11 is 6.16. The van der Waals surface area contributed by atoms with Crippen molar-refractivity contribution in [3.63, 3.8) is 0 Å². The second kappa shape index (κ2) is 7.99. The van der Waals surface area contributed by atoms with E-state index in [1.54, 1.807) is 53.4 Å². The maximum atomic E-state index is 13.8. The molecule has 6 rings (SSSR count). The second-order valence-electron chi connectivity index (χ2n) is 8.64. The van der Waals surface area contributed by atoms with Crippen LogP contribution in [-0.4, -0.2) is 40.9 Å². The molecule has 1 aromatic heterocycles. The lowest BCUT2D eigenvalue weighted by atomic mass is 9.88. The smallest absolute Gasteiger partial charge is 0.337 e. The van der Waals surface area contributed by atoms with Crippen molar-refractivity contribution in [3.8, 4) is 0 Å². The van der Waals surface area contributed by atoms with E-state index in [0.717, 1.165) is 27.7 Å². The SMILES string of the molecule is COC(=O)c1ccc([C@H]2c3[nH]c4ccccc4c3C[C@H]3C(=O)N(c4cccc(Cl)c4)C(=O)N23)cc1. The fourth-order valence-electron chi connectivity index (χ4n) is 5.19. The van der Waals surface area contributed by atoms with Gasteiger partial charge in [0.1, 0.15) is 12.1 Å². The van der Waals surface area contributed by atoms with E-state index in [9.17, 15) is 14.4 Å². The largest absolute Gasteiger partial charge is 0.465 e. The lowest BCUT2D eigenvalue weighted by Crippen LogP contribution is -2.44. The molecule has 0 unspecified atom stereocenters. The van der Waals surface area contributed by atoms with Crippen LogP contribution in [0.2, 0.25) is 5.02 Å². The van der Waals surface area contributed by atoms with Crippen LogP contribution < -0.4 is 4.90 Å². The van der Waals surface area contributed by atoms with Crippen LogP contribution in [0, 0.1) is 0 Å². The topological polar surface area (TPSA) is 82.7 Å². The molecule has 0 radical (unpaired) electrons. The van der Waals surface area contributed by atoms with Crippen molar-refractivity contribution in [2.45, 2.75) is 18.5 Å². The quantitative estimate of drug-likeness (QED) is 0.323. The van der Waals surface area contributed by atoms with Crippen LogP contribution in [-0.2, 0) is 16.0 Å². The Kier molecular flexibility index (Phi) is 4.89. The molecule has 3 amide bonds. The third-order valence-electron chi connectivity index (χ3n) is 6.76. The number of aromatic nitrogens is 1. The first-order valence-corrected chi connectivity index (χ1v) is 11.6. The number of aromatic amines is 1. The van der Waals surface area contributed by atoms with Crippen molar-refractivity contribution >= 4 is 46.1 Å². The summed E-state index contributed by atoms with van der Waals surface area (Å²) in [5.74, 6) is -0.728. The third-order valence-corrected chi connectivity index (χ3v) is 7.00. The Hall–Kier alpha value is -4.10. The van der Waals surface area contributed by atoms with Crippen molar-refractivity contribution in [1.29, 1.82) is 0 Å². The number of fused-ring (bicyclic) bond motifs is 4. The molecule has 3 heterocycles. The molecule has 4 aromatic rings. The number of rotatable bonds is 3. The minimum absolute atomic E-state index is 0.288. The Morgan fingerprint density at radius 1 is 1.03 bits per heavy atom. The maximum Gasteiger partial charge on any atom is 0.337 e. The van der Waals surface area contributed by atoms with Crippen molar-refractivity contribution in [3.05, 3.63) is 100 Å². The lowest BCUT2D eigenvalue weighted by molar-refractivity contribution is -0.120. The van der Waals surface area contributed by atoms with E-state index in [-0.39, 0.29) is 5.91 Å². The van der Waals surface area contributed by atoms with Crippen molar-refractivity contribution in [2.24, 2.45) is 0 Å². The van der Waals surface area contributed by atoms with E-state index in [4.69, 9.17) is 16.3 Å². The number of anilines is 1. The zero-order valence-electron chi connectivity index (χ0n) is 18.7. The molecule has 8 heteroatoms. The first kappa shape index (κ1) is 21.4. The fourth-order valence-corrected chi connectivity index (χ4v) is 5.38. The summed E-state index contributed by atoms with van der Waals surface area (Å²) in [7, 11) is 1.33. The monoisotopic (exact) mass is 485 g/mol. The predicted octanol–water partition coefficient (Wildman–Crippen LogP) is 5.09. The van der Waals surface area contributed by atoms with Crippen LogP contribution in [0.4, 0.5) is 10.5 Å². The third kappa shape index (κ3) is 3.23. The number of H-pyrrole nitrogens is 1. The molecule has 1 N–H and O–H groups in total. The normalized spacial score (nSPS) is 19.1. The highest BCUT2D eigenvalue weighted by Gasteiger charge is 2.53. The molecule has 7 nitrogen and oxygen atoms in total. The highest BCUT2D eigenvalue weighted by molar-refractivity contribution is 6.31. The molecule has 35 heavy (non-hydrogen) atoms. The Morgan fingerprint density at radius 2 is 1.80 bits per heavy atom. The number of imide groups is 1. The zero-order valence-corrected chi connectivity index (χ0v) is 19.5. The second-order valence-corrected chi connectivity index (χ2v) is 9.08. The number of urea groups is 1. The van der Waals surface area contributed by atoms with Gasteiger partial charge in [-0.15, -0.1) is 0 Å². The summed E-state index contributed by atoms with van der Waals surface area (Å²) in [6.45, 7) is 0. The molecule has 174 valence electrons. The summed E-state index contributed by atoms with van der Waals surface area (Å²) in [6, 6.07) is 20.0. The van der Waals surface area contributed by atoms with E-state index in [2.05, 4.69) is 4.98 Å². The molecule has 0 saturated carbocycles. The molecule has 0 spiro atoms. The number of amides is 3. The molecule has 2 aliphatic heterocycles. The number of esters is 1. The van der Waals surface area contributed by atoms with E-state index in [1.165, 1.54) is 12.0 Å². The number of hydrogen-bond acceptors (Lipinski definition) is 4. The number of carbonyl (C=O) groups excluding carboxylic acids is 3. The van der Waals surface area contributed by atoms with Crippen LogP contribution in [0.15, 0.2) is 72.8 Å². The summed E-state index contributed by atoms with van der Waals surface area (Å²) in [6.07, 6.45) is 0.401. The summed E-state index contributed by atoms with van der Waals surface area (Å²) in [5, 5.41) is 1.47. The molecular weight excluding hydrogens is 466 g/mol. The average Bonchev–Trinajstić information content (AvgIpc) is 3.37. The number of methoxy groups -OCH3 is 1. The van der Waals surface area contributed by atoms with Gasteiger partial charge in [-0.2, -0.15) is 0 Å². The fraction of sp³-hybridized carbons (Fsp3) is 0.148. The van der Waals surface area contributed by atoms with Crippen molar-refractivity contribution in [1.82, 2.24) is 9.88 Å². The Morgan fingerprint density at radius 3 is 2.54 bits per heavy atom. The molecule has 2 atom stereocenters. The lowest BCUT2D eigenvalue weighted by Gasteiger charge is -2.36. The van der Waals surface area contributed by atoms with E-state index < -0.39 is 24.1 Å². The highest BCUT2D eigenvalue weighted by atomic mass is 35.5. The Balaban J connectivity index is 1.52. The molecule has 1 saturated heterocycles. The van der Waals surface area contributed by atoms with Gasteiger partial charge < -0.3 is 9.72 Å². The van der Waals surface area contributed by atoms with Crippen LogP contribution >= 0.6 is 11.6 Å². The number of nitrogens with zero attached hydrogens (tertiary/aromatic N) is 2. The number of halogens is 1. The van der Waals surface area contributed by atoms with Gasteiger partial charge in [-0.1, -0.05) is 48.0 Å². The van der Waals surface area contributed by atoms with Gasteiger partial charge in [0.05, 0.1) is 18.4 Å². The molecule has 2 aliphatic rings. The van der Waals surface area contributed by atoms with Gasteiger partial charge in [-0.25, -0.2) is 14.5 Å². The van der Waals surface area contributed by atoms with E-state index >= 15 is 0 Å². The molecule has 0 bridgehead atoms. The van der Waals surface area contributed by atoms with E-state index in [1.807, 2.05) is 24.3 Å². The zero-order chi connectivity index (χ0) is 24.3. The number of para-hydroxylation sites is 1. The molecule has 0 aliphatic carbocycles. The number of hydrogen-bond donors (Lipinski definition) is 1. The minimum Gasteiger partial charge on any atom is -0.465 e. The number of ether oxygens (including phenoxy) is 1. The summed E-state index contributed by atoms with van der Waals surface area (Å²) in [5.41, 5.74) is 4.45. The van der Waals surface area contributed by atoms with Gasteiger partial charge in [0.25, 0.3) is 5.91 Å². The van der Waals surface area contributed by atoms with E-state index in [0.29, 0.717) is 22.7 Å². The number of nitrogens with one attached hydrogen (secondary N) is 1. The predicted molar refractivity (Wildman–Crippen MR) is 132 cm³/mol. The molecule has 3 aromatic carbocycles. The summed E-state index contributed by atoms with van der Waals surface area (Å²) in [4.78, 5) is 45.7. The maximum absolute atomic E-state index is 13.8. The first-order chi connectivity index (χ1) is 17.0. The van der Waals surface area contributed by atoms with Crippen molar-refractivity contribution in [2.75, 3.05) is 12.0 Å². The van der Waals surface area contributed by atoms with Gasteiger partial charge in [0.15, 0.2) is 0 Å². The standard InChI is InChI=1S/C27H20ClN3O4/c1-35-26(33)16-11-9-15(10-12-16)24-23-20(19-7-2-3-8-21(19)29-23)14-22-25(32)30(27(34)31(22)24)18-6-4-5-17(28)13-18/h2-13,22,24,29H,14H2,1H3/t22-,24-/m0/s1. The molecular formula is C27H20ClN3O4. The van der Waals surface area contributed by atoms with Crippen LogP contribution in [0.1, 0.15) is 33.2 Å². The molecule has 1 fully saturated rings. The van der Waals surface area contributed by atoms with Gasteiger partial charge in [0.2, 0.25) is 0 Å². The Labute approximate surface area is 205 Å². The van der Waals surface area contributed by atoms with Crippen molar-refractivity contribution < 1.29 is 19.1 Å². The number of carbonyl (C=O) groups is 3. The van der Waals surface area contributed by atoms with Gasteiger partial charge >= 0.3 is 12.0 Å². The average molecular weight is 486 g/mol. The first-order valence-electron chi connectivity index (χ1n) is 11.2. The number of benzene rings is 3. The van der Waals surface area contributed by atoms with Gasteiger partial charge in [-0.05, 0) is 47.5 Å². The highest BCUT2D eigenvalue weighted by Crippen LogP contribution is 2.45. The van der Waals surface area contributed by atoms with Crippen LogP contribution in [0.25, 0.3) is 10.9 Å².